The maximum absolute atomic E-state index is 13.6. The zero-order valence-corrected chi connectivity index (χ0v) is 12.9. The van der Waals surface area contributed by atoms with Crippen molar-refractivity contribution in [3.8, 4) is 0 Å². The van der Waals surface area contributed by atoms with Gasteiger partial charge in [-0.15, -0.1) is 0 Å². The third kappa shape index (κ3) is 4.21. The molecule has 23 heavy (non-hydrogen) atoms. The van der Waals surface area contributed by atoms with Gasteiger partial charge in [-0.3, -0.25) is 4.79 Å². The van der Waals surface area contributed by atoms with Crippen molar-refractivity contribution in [2.45, 2.75) is 26.3 Å². The maximum atomic E-state index is 13.6. The Hall–Kier alpha value is -2.57. The van der Waals surface area contributed by atoms with E-state index in [4.69, 9.17) is 0 Å². The van der Waals surface area contributed by atoms with Gasteiger partial charge in [0.2, 0.25) is 0 Å². The number of halogens is 3. The van der Waals surface area contributed by atoms with E-state index < -0.39 is 28.9 Å². The fourth-order valence-electron chi connectivity index (χ4n) is 1.86. The molecule has 0 unspecified atom stereocenters. The molecule has 0 aliphatic rings. The van der Waals surface area contributed by atoms with Crippen LogP contribution in [-0.2, 0) is 0 Å². The lowest BCUT2D eigenvalue weighted by molar-refractivity contribution is 0.102. The van der Waals surface area contributed by atoms with E-state index in [0.29, 0.717) is 6.07 Å². The van der Waals surface area contributed by atoms with Crippen molar-refractivity contribution in [3.63, 3.8) is 0 Å². The summed E-state index contributed by atoms with van der Waals surface area (Å²) in [5.41, 5.74) is -0.00148. The standard InChI is InChI=1S/C16H16F3N3O/c1-16(2,3)22-9-4-7-12(20-8-9)21-15(23)10-5-6-11(17)14(19)13(10)18/h4-8,22H,1-3H3,(H,20,21,23). The molecule has 1 aromatic carbocycles. The molecule has 122 valence electrons. The zero-order valence-electron chi connectivity index (χ0n) is 12.9. The molecule has 0 atom stereocenters. The molecule has 0 aliphatic carbocycles. The quantitative estimate of drug-likeness (QED) is 0.841. The number of nitrogens with zero attached hydrogens (tertiary/aromatic N) is 1. The summed E-state index contributed by atoms with van der Waals surface area (Å²) in [5, 5.41) is 5.52. The van der Waals surface area contributed by atoms with Crippen molar-refractivity contribution < 1.29 is 18.0 Å². The number of nitrogens with one attached hydrogen (secondary N) is 2. The van der Waals surface area contributed by atoms with Crippen LogP contribution >= 0.6 is 0 Å². The molecule has 7 heteroatoms. The minimum atomic E-state index is -1.68. The van der Waals surface area contributed by atoms with Crippen LogP contribution in [-0.4, -0.2) is 16.4 Å². The zero-order chi connectivity index (χ0) is 17.2. The lowest BCUT2D eigenvalue weighted by Gasteiger charge is -2.21. The van der Waals surface area contributed by atoms with Crippen LogP contribution in [0.3, 0.4) is 0 Å². The summed E-state index contributed by atoms with van der Waals surface area (Å²) in [6.07, 6.45) is 1.50. The third-order valence-corrected chi connectivity index (χ3v) is 2.80. The second-order valence-electron chi connectivity index (χ2n) is 5.98. The van der Waals surface area contributed by atoms with Crippen LogP contribution < -0.4 is 10.6 Å². The van der Waals surface area contributed by atoms with Crippen LogP contribution in [0.5, 0.6) is 0 Å². The predicted molar refractivity (Wildman–Crippen MR) is 81.9 cm³/mol. The molecule has 0 saturated heterocycles. The molecule has 0 aliphatic heterocycles. The average Bonchev–Trinajstić information content (AvgIpc) is 2.45. The first-order chi connectivity index (χ1) is 10.7. The van der Waals surface area contributed by atoms with Crippen molar-refractivity contribution in [2.24, 2.45) is 0 Å². The molecule has 0 spiro atoms. The summed E-state index contributed by atoms with van der Waals surface area (Å²) in [5.74, 6) is -5.32. The number of aromatic nitrogens is 1. The first-order valence-corrected chi connectivity index (χ1v) is 6.86. The Balaban J connectivity index is 2.13. The highest BCUT2D eigenvalue weighted by Crippen LogP contribution is 2.18. The third-order valence-electron chi connectivity index (χ3n) is 2.80. The number of carbonyl (C=O) groups excluding carboxylic acids is 1. The number of hydrogen-bond acceptors (Lipinski definition) is 3. The molecule has 2 rings (SSSR count). The van der Waals surface area contributed by atoms with Gasteiger partial charge in [-0.25, -0.2) is 18.2 Å². The minimum Gasteiger partial charge on any atom is -0.379 e. The van der Waals surface area contributed by atoms with Crippen molar-refractivity contribution in [1.82, 2.24) is 4.98 Å². The topological polar surface area (TPSA) is 54.0 Å². The Morgan fingerprint density at radius 1 is 1.04 bits per heavy atom. The highest BCUT2D eigenvalue weighted by Gasteiger charge is 2.19. The molecule has 1 heterocycles. The van der Waals surface area contributed by atoms with E-state index in [9.17, 15) is 18.0 Å². The number of hydrogen-bond donors (Lipinski definition) is 2. The van der Waals surface area contributed by atoms with Gasteiger partial charge in [0.05, 0.1) is 17.4 Å². The van der Waals surface area contributed by atoms with Crippen molar-refractivity contribution in [1.29, 1.82) is 0 Å². The molecule has 0 saturated carbocycles. The van der Waals surface area contributed by atoms with Crippen LogP contribution in [0.1, 0.15) is 31.1 Å². The second kappa shape index (κ2) is 6.28. The largest absolute Gasteiger partial charge is 0.379 e. The van der Waals surface area contributed by atoms with E-state index in [-0.39, 0.29) is 11.4 Å². The smallest absolute Gasteiger partial charge is 0.259 e. The number of carbonyl (C=O) groups is 1. The van der Waals surface area contributed by atoms with E-state index >= 15 is 0 Å². The molecule has 1 amide bonds. The normalized spacial score (nSPS) is 11.2. The second-order valence-corrected chi connectivity index (χ2v) is 5.98. The Labute approximate surface area is 131 Å². The number of pyridine rings is 1. The molecule has 0 radical (unpaired) electrons. The number of benzene rings is 1. The number of rotatable bonds is 3. The van der Waals surface area contributed by atoms with Gasteiger partial charge < -0.3 is 10.6 Å². The van der Waals surface area contributed by atoms with E-state index in [1.54, 1.807) is 6.07 Å². The van der Waals surface area contributed by atoms with Crippen LogP contribution in [0.15, 0.2) is 30.5 Å². The van der Waals surface area contributed by atoms with Gasteiger partial charge in [0.15, 0.2) is 17.5 Å². The SMILES string of the molecule is CC(C)(C)Nc1ccc(NC(=O)c2ccc(F)c(F)c2F)nc1. The number of amides is 1. The van der Waals surface area contributed by atoms with Gasteiger partial charge >= 0.3 is 0 Å². The lowest BCUT2D eigenvalue weighted by Crippen LogP contribution is -2.26. The molecule has 1 aromatic heterocycles. The summed E-state index contributed by atoms with van der Waals surface area (Å²) >= 11 is 0. The lowest BCUT2D eigenvalue weighted by atomic mass is 10.1. The fraction of sp³-hybridized carbons (Fsp3) is 0.250. The Bertz CT molecular complexity index is 725. The highest BCUT2D eigenvalue weighted by atomic mass is 19.2. The predicted octanol–water partition coefficient (Wildman–Crippen LogP) is 3.96. The molecule has 2 aromatic rings. The molecular weight excluding hydrogens is 307 g/mol. The van der Waals surface area contributed by atoms with Crippen LogP contribution in [0.2, 0.25) is 0 Å². The monoisotopic (exact) mass is 323 g/mol. The first kappa shape index (κ1) is 16.8. The molecule has 4 nitrogen and oxygen atoms in total. The molecule has 0 bridgehead atoms. The maximum Gasteiger partial charge on any atom is 0.259 e. The minimum absolute atomic E-state index is 0.152. The summed E-state index contributed by atoms with van der Waals surface area (Å²) in [7, 11) is 0. The Morgan fingerprint density at radius 3 is 2.30 bits per heavy atom. The van der Waals surface area contributed by atoms with Crippen LogP contribution in [0.4, 0.5) is 24.7 Å². The van der Waals surface area contributed by atoms with Gasteiger partial charge in [0.1, 0.15) is 5.82 Å². The van der Waals surface area contributed by atoms with E-state index in [0.717, 1.165) is 11.8 Å². The van der Waals surface area contributed by atoms with Gasteiger partial charge in [-0.1, -0.05) is 0 Å². The summed E-state index contributed by atoms with van der Waals surface area (Å²) in [6.45, 7) is 5.94. The van der Waals surface area contributed by atoms with Gasteiger partial charge in [0, 0.05) is 5.54 Å². The van der Waals surface area contributed by atoms with Crippen LogP contribution in [0, 0.1) is 17.5 Å². The van der Waals surface area contributed by atoms with Gasteiger partial charge in [0.25, 0.3) is 5.91 Å². The van der Waals surface area contributed by atoms with Crippen molar-refractivity contribution in [2.75, 3.05) is 10.6 Å². The molecule has 2 N–H and O–H groups in total. The van der Waals surface area contributed by atoms with Crippen molar-refractivity contribution >= 4 is 17.4 Å². The fourth-order valence-corrected chi connectivity index (χ4v) is 1.86. The molecule has 0 fully saturated rings. The summed E-state index contributed by atoms with van der Waals surface area (Å²) < 4.78 is 39.6. The highest BCUT2D eigenvalue weighted by molar-refractivity contribution is 6.04. The van der Waals surface area contributed by atoms with Gasteiger partial charge in [-0.2, -0.15) is 0 Å². The Morgan fingerprint density at radius 2 is 1.74 bits per heavy atom. The average molecular weight is 323 g/mol. The summed E-state index contributed by atoms with van der Waals surface area (Å²) in [4.78, 5) is 15.9. The van der Waals surface area contributed by atoms with E-state index in [1.807, 2.05) is 20.8 Å². The van der Waals surface area contributed by atoms with Gasteiger partial charge in [-0.05, 0) is 45.0 Å². The summed E-state index contributed by atoms with van der Waals surface area (Å²) in [6, 6.07) is 4.77. The molecular formula is C16H16F3N3O. The first-order valence-electron chi connectivity index (χ1n) is 6.86. The van der Waals surface area contributed by atoms with E-state index in [2.05, 4.69) is 15.6 Å². The van der Waals surface area contributed by atoms with Crippen molar-refractivity contribution in [3.05, 3.63) is 53.5 Å². The van der Waals surface area contributed by atoms with Crippen LogP contribution in [0.25, 0.3) is 0 Å². The number of anilines is 2. The Kier molecular flexibility index (Phi) is 4.58. The van der Waals surface area contributed by atoms with E-state index in [1.165, 1.54) is 12.3 Å².